The zero-order chi connectivity index (χ0) is 36.3. The third-order valence-corrected chi connectivity index (χ3v) is 11.1. The van der Waals surface area contributed by atoms with Crippen LogP contribution in [0.3, 0.4) is 0 Å². The van der Waals surface area contributed by atoms with Crippen molar-refractivity contribution in [1.29, 1.82) is 0 Å². The van der Waals surface area contributed by atoms with Gasteiger partial charge in [0, 0.05) is 16.7 Å². The third-order valence-electron chi connectivity index (χ3n) is 11.1. The third kappa shape index (κ3) is 5.32. The Balaban J connectivity index is 0.989. The van der Waals surface area contributed by atoms with Crippen molar-refractivity contribution in [3.05, 3.63) is 199 Å². The quantitative estimate of drug-likeness (QED) is 0.168. The van der Waals surface area contributed by atoms with E-state index in [0.717, 1.165) is 23.1 Å². The van der Waals surface area contributed by atoms with Crippen molar-refractivity contribution in [2.24, 2.45) is 0 Å². The fraction of sp³-hybridized carbons (Fsp3) is 0.0192. The fourth-order valence-corrected chi connectivity index (χ4v) is 8.50. The first-order chi connectivity index (χ1) is 27.2. The highest BCUT2D eigenvalue weighted by Gasteiger charge is 2.22. The minimum absolute atomic E-state index is 0.671. The van der Waals surface area contributed by atoms with Crippen molar-refractivity contribution in [2.75, 3.05) is 0 Å². The molecule has 11 rings (SSSR count). The highest BCUT2D eigenvalue weighted by molar-refractivity contribution is 6.25. The number of hydrogen-bond acceptors (Lipinski definition) is 3. The maximum Gasteiger partial charge on any atom is 0.164 e. The van der Waals surface area contributed by atoms with E-state index in [1.165, 1.54) is 76.8 Å². The molecule has 0 atom stereocenters. The van der Waals surface area contributed by atoms with Gasteiger partial charge in [0.2, 0.25) is 0 Å². The van der Waals surface area contributed by atoms with Gasteiger partial charge < -0.3 is 0 Å². The van der Waals surface area contributed by atoms with Crippen molar-refractivity contribution in [2.45, 2.75) is 6.42 Å². The molecule has 0 saturated heterocycles. The van der Waals surface area contributed by atoms with Crippen LogP contribution in [0.1, 0.15) is 11.1 Å². The lowest BCUT2D eigenvalue weighted by Crippen LogP contribution is -2.00. The van der Waals surface area contributed by atoms with Gasteiger partial charge in [-0.05, 0) is 101 Å². The molecule has 1 aromatic heterocycles. The van der Waals surface area contributed by atoms with E-state index in [0.29, 0.717) is 17.5 Å². The van der Waals surface area contributed by atoms with Crippen molar-refractivity contribution < 1.29 is 0 Å². The molecule has 3 heteroatoms. The predicted molar refractivity (Wildman–Crippen MR) is 228 cm³/mol. The lowest BCUT2D eigenvalue weighted by molar-refractivity contribution is 1.07. The zero-order valence-corrected chi connectivity index (χ0v) is 29.9. The van der Waals surface area contributed by atoms with Gasteiger partial charge in [0.15, 0.2) is 17.5 Å². The lowest BCUT2D eigenvalue weighted by Gasteiger charge is -2.15. The molecule has 1 heterocycles. The van der Waals surface area contributed by atoms with E-state index in [1.54, 1.807) is 0 Å². The van der Waals surface area contributed by atoms with Gasteiger partial charge in [0.1, 0.15) is 0 Å². The average Bonchev–Trinajstić information content (AvgIpc) is 3.64. The number of aromatic nitrogens is 3. The summed E-state index contributed by atoms with van der Waals surface area (Å²) in [6, 6.07) is 67.3. The van der Waals surface area contributed by atoms with Crippen LogP contribution in [0.15, 0.2) is 188 Å². The smallest absolute Gasteiger partial charge is 0.164 e. The van der Waals surface area contributed by atoms with Crippen LogP contribution in [0.4, 0.5) is 0 Å². The monoisotopic (exact) mass is 699 g/mol. The summed E-state index contributed by atoms with van der Waals surface area (Å²) in [6.07, 6.45) is 0.869. The maximum atomic E-state index is 4.99. The van der Waals surface area contributed by atoms with Gasteiger partial charge >= 0.3 is 0 Å². The molecule has 0 N–H and O–H groups in total. The van der Waals surface area contributed by atoms with E-state index >= 15 is 0 Å². The SMILES string of the molecule is c1ccc(-c2nc(-c3ccccc3)nc(-c3ccc4c(c3)Cc3ccc(-c5ccccc5-c5ccc6c7ccccc7c7ccccc7c6c5)cc3-4)n2)cc1. The standard InChI is InChI=1S/C52H33N3/c1-3-13-33(14-4-1)50-53-51(34-15-5-2-6-16-34)55-52(54-50)38-26-27-42-39(30-38)29-35-23-24-36(31-48(35)42)40-17-7-8-18-41(40)37-25-28-47-45-21-10-9-19-43(45)44-20-11-12-22-46(44)49(47)32-37/h1-28,30-32H,29H2. The van der Waals surface area contributed by atoms with Crippen molar-refractivity contribution in [3.8, 4) is 67.5 Å². The Morgan fingerprint density at radius 2 is 0.709 bits per heavy atom. The highest BCUT2D eigenvalue weighted by atomic mass is 15.0. The van der Waals surface area contributed by atoms with Gasteiger partial charge in [-0.1, -0.05) is 170 Å². The molecule has 1 aliphatic rings. The van der Waals surface area contributed by atoms with Crippen molar-refractivity contribution >= 4 is 32.3 Å². The largest absolute Gasteiger partial charge is 0.208 e. The number of benzene rings is 9. The molecule has 3 nitrogen and oxygen atoms in total. The molecule has 1 aliphatic carbocycles. The Kier molecular flexibility index (Phi) is 7.24. The van der Waals surface area contributed by atoms with E-state index in [-0.39, 0.29) is 0 Å². The zero-order valence-electron chi connectivity index (χ0n) is 29.9. The molecule has 0 saturated carbocycles. The summed E-state index contributed by atoms with van der Waals surface area (Å²) in [5, 5.41) is 7.74. The second kappa shape index (κ2) is 12.7. The summed E-state index contributed by atoms with van der Waals surface area (Å²) < 4.78 is 0. The average molecular weight is 700 g/mol. The molecule has 0 fully saturated rings. The molecule has 0 bridgehead atoms. The summed E-state index contributed by atoms with van der Waals surface area (Å²) in [4.78, 5) is 14.9. The molecule has 0 radical (unpaired) electrons. The van der Waals surface area contributed by atoms with Crippen LogP contribution >= 0.6 is 0 Å². The van der Waals surface area contributed by atoms with Crippen LogP contribution in [0, 0.1) is 0 Å². The van der Waals surface area contributed by atoms with Crippen LogP contribution in [0.5, 0.6) is 0 Å². The normalized spacial score (nSPS) is 11.9. The van der Waals surface area contributed by atoms with Crippen LogP contribution < -0.4 is 0 Å². The van der Waals surface area contributed by atoms with Gasteiger partial charge in [0.05, 0.1) is 0 Å². The Morgan fingerprint density at radius 1 is 0.255 bits per heavy atom. The van der Waals surface area contributed by atoms with E-state index in [9.17, 15) is 0 Å². The molecule has 0 unspecified atom stereocenters. The Morgan fingerprint density at radius 3 is 1.31 bits per heavy atom. The summed E-state index contributed by atoms with van der Waals surface area (Å²) in [5.74, 6) is 2.02. The minimum Gasteiger partial charge on any atom is -0.208 e. The van der Waals surface area contributed by atoms with E-state index in [2.05, 4.69) is 127 Å². The molecule has 0 aliphatic heterocycles. The minimum atomic E-state index is 0.671. The van der Waals surface area contributed by atoms with Crippen molar-refractivity contribution in [3.63, 3.8) is 0 Å². The summed E-state index contributed by atoms with van der Waals surface area (Å²) in [5.41, 5.74) is 13.0. The number of fused-ring (bicyclic) bond motifs is 9. The van der Waals surface area contributed by atoms with Crippen LogP contribution in [-0.2, 0) is 6.42 Å². The van der Waals surface area contributed by atoms with Crippen LogP contribution in [0.2, 0.25) is 0 Å². The summed E-state index contributed by atoms with van der Waals surface area (Å²) >= 11 is 0. The summed E-state index contributed by atoms with van der Waals surface area (Å²) in [7, 11) is 0. The molecule has 256 valence electrons. The molecule has 10 aromatic rings. The van der Waals surface area contributed by atoms with Gasteiger partial charge in [0.25, 0.3) is 0 Å². The first-order valence-electron chi connectivity index (χ1n) is 18.8. The molecule has 9 aromatic carbocycles. The van der Waals surface area contributed by atoms with Gasteiger partial charge in [-0.3, -0.25) is 0 Å². The number of rotatable bonds is 5. The topological polar surface area (TPSA) is 38.7 Å². The van der Waals surface area contributed by atoms with Crippen LogP contribution in [0.25, 0.3) is 99.9 Å². The fourth-order valence-electron chi connectivity index (χ4n) is 8.50. The van der Waals surface area contributed by atoms with Crippen molar-refractivity contribution in [1.82, 2.24) is 15.0 Å². The second-order valence-electron chi connectivity index (χ2n) is 14.4. The Hall–Kier alpha value is -7.23. The van der Waals surface area contributed by atoms with E-state index in [4.69, 9.17) is 15.0 Å². The summed E-state index contributed by atoms with van der Waals surface area (Å²) in [6.45, 7) is 0. The predicted octanol–water partition coefficient (Wildman–Crippen LogP) is 13.2. The molecular formula is C52H33N3. The van der Waals surface area contributed by atoms with Gasteiger partial charge in [-0.2, -0.15) is 0 Å². The second-order valence-corrected chi connectivity index (χ2v) is 14.4. The molecule has 55 heavy (non-hydrogen) atoms. The first kappa shape index (κ1) is 31.3. The van der Waals surface area contributed by atoms with Crippen LogP contribution in [-0.4, -0.2) is 15.0 Å². The Bertz CT molecular complexity index is 3020. The molecule has 0 amide bonds. The number of hydrogen-bond donors (Lipinski definition) is 0. The Labute approximate surface area is 319 Å². The molecular weight excluding hydrogens is 667 g/mol. The lowest BCUT2D eigenvalue weighted by atomic mass is 9.89. The number of nitrogens with zero attached hydrogens (tertiary/aromatic N) is 3. The first-order valence-corrected chi connectivity index (χ1v) is 18.8. The maximum absolute atomic E-state index is 4.99. The van der Waals surface area contributed by atoms with Gasteiger partial charge in [-0.25, -0.2) is 15.0 Å². The van der Waals surface area contributed by atoms with Gasteiger partial charge in [-0.15, -0.1) is 0 Å². The molecule has 0 spiro atoms. The van der Waals surface area contributed by atoms with E-state index in [1.807, 2.05) is 60.7 Å². The highest BCUT2D eigenvalue weighted by Crippen LogP contribution is 2.43. The van der Waals surface area contributed by atoms with E-state index < -0.39 is 0 Å².